The van der Waals surface area contributed by atoms with E-state index in [1.54, 1.807) is 0 Å². The fourth-order valence-corrected chi connectivity index (χ4v) is 6.57. The maximum absolute atomic E-state index is 13.0. The lowest BCUT2D eigenvalue weighted by atomic mass is 10.0. The Bertz CT molecular complexity index is 1350. The van der Waals surface area contributed by atoms with Gasteiger partial charge in [0.05, 0.1) is 16.6 Å². The van der Waals surface area contributed by atoms with Gasteiger partial charge < -0.3 is 21.0 Å². The van der Waals surface area contributed by atoms with Crippen LogP contribution in [-0.2, 0) is 30.0 Å². The Kier molecular flexibility index (Phi) is 6.94. The number of fused-ring (bicyclic) bond motifs is 1. The summed E-state index contributed by atoms with van der Waals surface area (Å²) in [6.07, 6.45) is 0.978. The zero-order valence-electron chi connectivity index (χ0n) is 17.7. The third-order valence-electron chi connectivity index (χ3n) is 4.79. The van der Waals surface area contributed by atoms with E-state index < -0.39 is 45.6 Å². The number of nitrogens with zero attached hydrogens (tertiary/aromatic N) is 5. The first kappa shape index (κ1) is 24.5. The molecule has 0 bridgehead atoms. The van der Waals surface area contributed by atoms with Crippen molar-refractivity contribution in [2.24, 2.45) is 5.16 Å². The highest BCUT2D eigenvalue weighted by Crippen LogP contribution is 2.36. The first-order valence-corrected chi connectivity index (χ1v) is 12.8. The number of β-lactam (4-membered cyclic amide) rings is 1. The number of anilines is 1. The maximum Gasteiger partial charge on any atom is 0.352 e. The maximum atomic E-state index is 13.0. The van der Waals surface area contributed by atoms with Gasteiger partial charge in [0.1, 0.15) is 36.1 Å². The van der Waals surface area contributed by atoms with Crippen molar-refractivity contribution >= 4 is 62.5 Å². The summed E-state index contributed by atoms with van der Waals surface area (Å²) >= 11 is 2.04. The van der Waals surface area contributed by atoms with Crippen LogP contribution in [0.4, 0.5) is 5.13 Å². The van der Waals surface area contributed by atoms with Gasteiger partial charge in [0.15, 0.2) is 16.0 Å². The molecule has 2 amide bonds. The lowest BCUT2D eigenvalue weighted by molar-refractivity contribution is -0.150. The van der Waals surface area contributed by atoms with Gasteiger partial charge in [0.2, 0.25) is 0 Å². The van der Waals surface area contributed by atoms with Gasteiger partial charge in [-0.2, -0.15) is 5.10 Å². The predicted octanol–water partition coefficient (Wildman–Crippen LogP) is -1.90. The minimum Gasteiger partial charge on any atom is -0.477 e. The lowest BCUT2D eigenvalue weighted by Gasteiger charge is -2.49. The Hall–Kier alpha value is -3.64. The van der Waals surface area contributed by atoms with Crippen molar-refractivity contribution < 1.29 is 28.5 Å². The van der Waals surface area contributed by atoms with Crippen LogP contribution in [0, 0.1) is 0 Å². The molecule has 2 aromatic heterocycles. The fraction of sp³-hybridized carbons (Fsp3) is 0.294. The van der Waals surface area contributed by atoms with Crippen LogP contribution in [0.5, 0.6) is 0 Å². The van der Waals surface area contributed by atoms with Crippen LogP contribution in [0.3, 0.4) is 0 Å². The monoisotopic (exact) mass is 540 g/mol. The van der Waals surface area contributed by atoms with Crippen LogP contribution in [0.1, 0.15) is 5.69 Å². The number of hydrogen-bond acceptors (Lipinski definition) is 13. The van der Waals surface area contributed by atoms with Crippen LogP contribution in [0.15, 0.2) is 38.0 Å². The molecule has 2 aliphatic rings. The number of carbonyl (C=O) groups is 3. The van der Waals surface area contributed by atoms with E-state index in [2.05, 4.69) is 35.5 Å². The Morgan fingerprint density at radius 2 is 2.26 bits per heavy atom. The molecule has 5 N–H and O–H groups in total. The molecule has 3 atom stereocenters. The van der Waals surface area contributed by atoms with Crippen molar-refractivity contribution in [1.82, 2.24) is 30.4 Å². The number of aliphatic carboxylic acids is 1. The smallest absolute Gasteiger partial charge is 0.352 e. The molecule has 18 heteroatoms. The molecule has 4 heterocycles. The Balaban J connectivity index is 1.54. The summed E-state index contributed by atoms with van der Waals surface area (Å²) in [6, 6.07) is -1.25. The highest BCUT2D eigenvalue weighted by Gasteiger charge is 2.57. The van der Waals surface area contributed by atoms with E-state index in [-0.39, 0.29) is 44.5 Å². The number of nitrogens with two attached hydrogens (primary N) is 1. The third-order valence-corrected chi connectivity index (χ3v) is 8.07. The zero-order chi connectivity index (χ0) is 25.3. The second kappa shape index (κ2) is 9.92. The molecule has 1 fully saturated rings. The molecule has 0 spiro atoms. The van der Waals surface area contributed by atoms with Crippen LogP contribution in [0.2, 0.25) is 0 Å². The van der Waals surface area contributed by atoms with Gasteiger partial charge in [-0.1, -0.05) is 16.9 Å². The molecule has 2 aromatic rings. The predicted molar refractivity (Wildman–Crippen MR) is 124 cm³/mol. The molecule has 1 saturated heterocycles. The number of amides is 2. The SMILES string of the molecule is CON=C(C(=O)NC1C(=O)N2C(C(=O)O)=C(CSc3nncc(=O)[nH]3)CS(=O)[C@@H]12)c1csc(N)n1. The van der Waals surface area contributed by atoms with E-state index in [9.17, 15) is 28.5 Å². The number of oxime groups is 1. The number of nitrogen functional groups attached to an aromatic ring is 1. The molecular weight excluding hydrogens is 524 g/mol. The summed E-state index contributed by atoms with van der Waals surface area (Å²) in [5.41, 5.74) is 4.85. The molecule has 15 nitrogen and oxygen atoms in total. The first-order chi connectivity index (χ1) is 16.7. The van der Waals surface area contributed by atoms with Crippen LogP contribution < -0.4 is 16.6 Å². The second-order valence-corrected chi connectivity index (χ2v) is 10.3. The topological polar surface area (TPSA) is 223 Å². The Morgan fingerprint density at radius 3 is 2.89 bits per heavy atom. The molecule has 0 saturated carbocycles. The number of H-pyrrole nitrogens is 1. The van der Waals surface area contributed by atoms with Crippen molar-refractivity contribution in [2.75, 3.05) is 24.3 Å². The second-order valence-electron chi connectivity index (χ2n) is 6.95. The number of thioether (sulfide) groups is 1. The highest BCUT2D eigenvalue weighted by molar-refractivity contribution is 7.99. The number of nitrogens with one attached hydrogen (secondary N) is 2. The zero-order valence-corrected chi connectivity index (χ0v) is 20.1. The number of rotatable bonds is 8. The Labute approximate surface area is 206 Å². The molecule has 4 rings (SSSR count). The first-order valence-electron chi connectivity index (χ1n) is 9.55. The molecule has 35 heavy (non-hydrogen) atoms. The van der Waals surface area contributed by atoms with E-state index in [0.29, 0.717) is 0 Å². The summed E-state index contributed by atoms with van der Waals surface area (Å²) in [6.45, 7) is 0. The minimum atomic E-state index is -1.74. The van der Waals surface area contributed by atoms with Crippen molar-refractivity contribution in [3.8, 4) is 0 Å². The van der Waals surface area contributed by atoms with E-state index in [1.807, 2.05) is 0 Å². The van der Waals surface area contributed by atoms with Crippen molar-refractivity contribution in [2.45, 2.75) is 16.6 Å². The number of carbonyl (C=O) groups excluding carboxylic acids is 2. The van der Waals surface area contributed by atoms with Gasteiger partial charge in [0, 0.05) is 11.1 Å². The van der Waals surface area contributed by atoms with Crippen molar-refractivity contribution in [1.29, 1.82) is 0 Å². The molecule has 0 aliphatic carbocycles. The van der Waals surface area contributed by atoms with Gasteiger partial charge >= 0.3 is 5.97 Å². The normalized spacial score (nSPS) is 21.9. The summed E-state index contributed by atoms with van der Waals surface area (Å²) in [5, 5.41) is 23.8. The van der Waals surface area contributed by atoms with Crippen molar-refractivity contribution in [3.05, 3.63) is 38.9 Å². The summed E-state index contributed by atoms with van der Waals surface area (Å²) in [4.78, 5) is 61.0. The molecule has 2 unspecified atom stereocenters. The fourth-order valence-electron chi connectivity index (χ4n) is 3.38. The number of aromatic nitrogens is 4. The van der Waals surface area contributed by atoms with E-state index in [0.717, 1.165) is 34.2 Å². The molecule has 0 aromatic carbocycles. The standard InChI is InChI=1S/C17H16N8O7S3/c1-32-24-9(7-4-33-16(18)20-7)12(27)22-10-13(28)25-11(15(29)30)6(5-35(31)14(10)25)3-34-17-21-8(26)2-19-23-17/h2,4,10,14H,3,5H2,1H3,(H2,18,20)(H,22,27)(H,29,30)(H,21,23,26)/t10?,14-,35?/m0/s1. The van der Waals surface area contributed by atoms with Gasteiger partial charge in [-0.15, -0.1) is 16.4 Å². The van der Waals surface area contributed by atoms with Crippen LogP contribution >= 0.6 is 23.1 Å². The van der Waals surface area contributed by atoms with E-state index in [4.69, 9.17) is 5.73 Å². The summed E-state index contributed by atoms with van der Waals surface area (Å²) in [5.74, 6) is -3.15. The molecular formula is C17H16N8O7S3. The number of aromatic amines is 1. The molecule has 2 aliphatic heterocycles. The van der Waals surface area contributed by atoms with E-state index >= 15 is 0 Å². The lowest BCUT2D eigenvalue weighted by Crippen LogP contribution is -2.74. The van der Waals surface area contributed by atoms with Gasteiger partial charge in [-0.25, -0.2) is 9.78 Å². The number of hydrogen-bond donors (Lipinski definition) is 4. The average Bonchev–Trinajstić information content (AvgIpc) is 3.24. The quantitative estimate of drug-likeness (QED) is 0.125. The third kappa shape index (κ3) is 4.80. The van der Waals surface area contributed by atoms with E-state index in [1.165, 1.54) is 12.5 Å². The van der Waals surface area contributed by atoms with Gasteiger partial charge in [0.25, 0.3) is 17.4 Å². The summed E-state index contributed by atoms with van der Waals surface area (Å²) < 4.78 is 13.0. The van der Waals surface area contributed by atoms with Crippen LogP contribution in [0.25, 0.3) is 0 Å². The van der Waals surface area contributed by atoms with Gasteiger partial charge in [-0.05, 0) is 5.57 Å². The Morgan fingerprint density at radius 1 is 1.49 bits per heavy atom. The van der Waals surface area contributed by atoms with Gasteiger partial charge in [-0.3, -0.25) is 28.5 Å². The molecule has 184 valence electrons. The van der Waals surface area contributed by atoms with Crippen LogP contribution in [-0.4, -0.2) is 87.9 Å². The largest absolute Gasteiger partial charge is 0.477 e. The van der Waals surface area contributed by atoms with Crippen molar-refractivity contribution in [3.63, 3.8) is 0 Å². The minimum absolute atomic E-state index is 0.00851. The number of thiazole rings is 1. The number of carboxylic acids is 1. The highest BCUT2D eigenvalue weighted by atomic mass is 32.2. The number of carboxylic acid groups (broad SMARTS) is 1. The molecule has 0 radical (unpaired) electrons. The summed E-state index contributed by atoms with van der Waals surface area (Å²) in [7, 11) is -0.521. The average molecular weight is 541 g/mol.